The first kappa shape index (κ1) is 20.5. The second-order valence-electron chi connectivity index (χ2n) is 4.93. The SMILES string of the molecule is Cl.Cl.N=C(N)c1c(OC(=O)c2ccc(CN)o2)ccc2ccccc12. The molecular formula is C17H17Cl2N3O3. The van der Waals surface area contributed by atoms with Gasteiger partial charge < -0.3 is 20.6 Å². The van der Waals surface area contributed by atoms with Crippen molar-refractivity contribution in [2.24, 2.45) is 11.5 Å². The van der Waals surface area contributed by atoms with Crippen LogP contribution in [-0.4, -0.2) is 11.8 Å². The van der Waals surface area contributed by atoms with Crippen molar-refractivity contribution in [3.63, 3.8) is 0 Å². The van der Waals surface area contributed by atoms with E-state index in [0.29, 0.717) is 11.3 Å². The van der Waals surface area contributed by atoms with Gasteiger partial charge >= 0.3 is 5.97 Å². The normalized spacial score (nSPS) is 9.80. The standard InChI is InChI=1S/C17H15N3O3.2ClH/c18-9-11-6-8-14(22-11)17(21)23-13-7-5-10-3-1-2-4-12(10)15(13)16(19)20;;/h1-8H,9,18H2,(H3,19,20);2*1H. The number of esters is 1. The first-order valence-corrected chi connectivity index (χ1v) is 6.97. The number of fused-ring (bicyclic) bond motifs is 1. The molecule has 0 aliphatic carbocycles. The van der Waals surface area contributed by atoms with Crippen LogP contribution >= 0.6 is 24.8 Å². The van der Waals surface area contributed by atoms with Crippen LogP contribution in [0.4, 0.5) is 0 Å². The number of amidine groups is 1. The fourth-order valence-corrected chi connectivity index (χ4v) is 2.36. The number of nitrogen functional groups attached to an aromatic ring is 1. The van der Waals surface area contributed by atoms with Gasteiger partial charge in [-0.3, -0.25) is 5.41 Å². The minimum absolute atomic E-state index is 0. The predicted octanol–water partition coefficient (Wildman–Crippen LogP) is 3.24. The number of hydrogen-bond acceptors (Lipinski definition) is 5. The molecule has 0 unspecified atom stereocenters. The molecule has 5 N–H and O–H groups in total. The van der Waals surface area contributed by atoms with Gasteiger partial charge in [0.25, 0.3) is 0 Å². The zero-order valence-electron chi connectivity index (χ0n) is 13.0. The molecule has 1 aromatic heterocycles. The van der Waals surface area contributed by atoms with E-state index >= 15 is 0 Å². The second-order valence-corrected chi connectivity index (χ2v) is 4.93. The van der Waals surface area contributed by atoms with E-state index in [0.717, 1.165) is 10.8 Å². The van der Waals surface area contributed by atoms with Crippen molar-refractivity contribution in [2.45, 2.75) is 6.54 Å². The molecule has 0 amide bonds. The Morgan fingerprint density at radius 2 is 1.80 bits per heavy atom. The molecule has 0 saturated carbocycles. The van der Waals surface area contributed by atoms with Crippen LogP contribution in [-0.2, 0) is 6.54 Å². The Morgan fingerprint density at radius 3 is 2.44 bits per heavy atom. The number of nitrogens with two attached hydrogens (primary N) is 2. The molecule has 3 rings (SSSR count). The van der Waals surface area contributed by atoms with Crippen LogP contribution in [0.5, 0.6) is 5.75 Å². The van der Waals surface area contributed by atoms with Gasteiger partial charge in [0, 0.05) is 0 Å². The highest BCUT2D eigenvalue weighted by atomic mass is 35.5. The van der Waals surface area contributed by atoms with Gasteiger partial charge in [0.2, 0.25) is 5.76 Å². The summed E-state index contributed by atoms with van der Waals surface area (Å²) < 4.78 is 10.6. The number of benzene rings is 2. The van der Waals surface area contributed by atoms with E-state index in [1.165, 1.54) is 6.07 Å². The highest BCUT2D eigenvalue weighted by Crippen LogP contribution is 2.28. The van der Waals surface area contributed by atoms with Gasteiger partial charge in [0.05, 0.1) is 12.1 Å². The van der Waals surface area contributed by atoms with E-state index in [-0.39, 0.29) is 48.7 Å². The van der Waals surface area contributed by atoms with Crippen molar-refractivity contribution in [3.05, 3.63) is 65.6 Å². The van der Waals surface area contributed by atoms with Crippen molar-refractivity contribution in [3.8, 4) is 5.75 Å². The number of halogens is 2. The number of furan rings is 1. The van der Waals surface area contributed by atoms with Crippen LogP contribution in [0.25, 0.3) is 10.8 Å². The molecule has 0 bridgehead atoms. The second kappa shape index (κ2) is 8.53. The number of carbonyl (C=O) groups is 1. The molecule has 3 aromatic rings. The first-order chi connectivity index (χ1) is 11.1. The summed E-state index contributed by atoms with van der Waals surface area (Å²) in [5.41, 5.74) is 11.5. The Labute approximate surface area is 156 Å². The molecule has 132 valence electrons. The lowest BCUT2D eigenvalue weighted by atomic mass is 10.0. The smallest absolute Gasteiger partial charge is 0.379 e. The Kier molecular flexibility index (Phi) is 6.99. The molecule has 0 aliphatic heterocycles. The van der Waals surface area contributed by atoms with Gasteiger partial charge in [-0.15, -0.1) is 24.8 Å². The van der Waals surface area contributed by atoms with Crippen LogP contribution in [0.15, 0.2) is 52.9 Å². The van der Waals surface area contributed by atoms with E-state index in [1.54, 1.807) is 18.2 Å². The number of carbonyl (C=O) groups excluding carboxylic acids is 1. The quantitative estimate of drug-likeness (QED) is 0.277. The van der Waals surface area contributed by atoms with Crippen molar-refractivity contribution >= 4 is 47.4 Å². The molecule has 0 radical (unpaired) electrons. The van der Waals surface area contributed by atoms with E-state index in [4.69, 9.17) is 26.0 Å². The van der Waals surface area contributed by atoms with Gasteiger partial charge in [0.1, 0.15) is 17.3 Å². The summed E-state index contributed by atoms with van der Waals surface area (Å²) >= 11 is 0. The summed E-state index contributed by atoms with van der Waals surface area (Å²) in [4.78, 5) is 12.2. The van der Waals surface area contributed by atoms with Crippen LogP contribution in [0.2, 0.25) is 0 Å². The summed E-state index contributed by atoms with van der Waals surface area (Å²) in [6.45, 7) is 0.196. The number of rotatable bonds is 4. The number of hydrogen-bond donors (Lipinski definition) is 3. The van der Waals surface area contributed by atoms with Crippen LogP contribution in [0, 0.1) is 5.41 Å². The van der Waals surface area contributed by atoms with Gasteiger partial charge in [-0.2, -0.15) is 0 Å². The fraction of sp³-hybridized carbons (Fsp3) is 0.0588. The molecule has 6 nitrogen and oxygen atoms in total. The molecule has 0 fully saturated rings. The molecule has 25 heavy (non-hydrogen) atoms. The van der Waals surface area contributed by atoms with E-state index < -0.39 is 5.97 Å². The minimum atomic E-state index is -0.664. The first-order valence-electron chi connectivity index (χ1n) is 6.97. The minimum Gasteiger partial charge on any atom is -0.453 e. The number of nitrogens with one attached hydrogen (secondary N) is 1. The summed E-state index contributed by atoms with van der Waals surface area (Å²) in [5.74, 6) is -0.0866. The summed E-state index contributed by atoms with van der Waals surface area (Å²) in [6.07, 6.45) is 0. The Morgan fingerprint density at radius 1 is 1.08 bits per heavy atom. The molecule has 8 heteroatoms. The fourth-order valence-electron chi connectivity index (χ4n) is 2.36. The largest absolute Gasteiger partial charge is 0.453 e. The maximum absolute atomic E-state index is 12.2. The van der Waals surface area contributed by atoms with Crippen LogP contribution < -0.4 is 16.2 Å². The van der Waals surface area contributed by atoms with E-state index in [1.807, 2.05) is 24.3 Å². The Hall–Kier alpha value is -2.54. The van der Waals surface area contributed by atoms with Crippen LogP contribution in [0.1, 0.15) is 21.9 Å². The maximum Gasteiger partial charge on any atom is 0.379 e. The predicted molar refractivity (Wildman–Crippen MR) is 101 cm³/mol. The van der Waals surface area contributed by atoms with Crippen LogP contribution in [0.3, 0.4) is 0 Å². The molecule has 0 atom stereocenters. The Bertz CT molecular complexity index is 909. The van der Waals surface area contributed by atoms with Crippen molar-refractivity contribution in [1.82, 2.24) is 0 Å². The average Bonchev–Trinajstić information content (AvgIpc) is 3.03. The highest BCUT2D eigenvalue weighted by Gasteiger charge is 2.18. The lowest BCUT2D eigenvalue weighted by Crippen LogP contribution is -2.16. The lowest BCUT2D eigenvalue weighted by Gasteiger charge is -2.11. The van der Waals surface area contributed by atoms with Gasteiger partial charge in [-0.05, 0) is 29.0 Å². The third-order valence-corrected chi connectivity index (χ3v) is 3.43. The monoisotopic (exact) mass is 381 g/mol. The summed E-state index contributed by atoms with van der Waals surface area (Å²) in [6, 6.07) is 14.0. The third kappa shape index (κ3) is 4.11. The zero-order chi connectivity index (χ0) is 16.4. The van der Waals surface area contributed by atoms with Crippen molar-refractivity contribution in [1.29, 1.82) is 5.41 Å². The van der Waals surface area contributed by atoms with Crippen molar-refractivity contribution in [2.75, 3.05) is 0 Å². The van der Waals surface area contributed by atoms with Gasteiger partial charge in [-0.1, -0.05) is 30.3 Å². The lowest BCUT2D eigenvalue weighted by molar-refractivity contribution is 0.0699. The zero-order valence-corrected chi connectivity index (χ0v) is 14.7. The molecule has 2 aromatic carbocycles. The molecule has 0 saturated heterocycles. The van der Waals surface area contributed by atoms with Gasteiger partial charge in [0.15, 0.2) is 0 Å². The molecule has 0 spiro atoms. The summed E-state index contributed by atoms with van der Waals surface area (Å²) in [5, 5.41) is 9.43. The topological polar surface area (TPSA) is 115 Å². The maximum atomic E-state index is 12.2. The van der Waals surface area contributed by atoms with E-state index in [2.05, 4.69) is 0 Å². The van der Waals surface area contributed by atoms with Gasteiger partial charge in [-0.25, -0.2) is 4.79 Å². The molecule has 1 heterocycles. The molecular weight excluding hydrogens is 365 g/mol. The van der Waals surface area contributed by atoms with Crippen molar-refractivity contribution < 1.29 is 13.9 Å². The molecule has 0 aliphatic rings. The Balaban J connectivity index is 0.00000156. The summed E-state index contributed by atoms with van der Waals surface area (Å²) in [7, 11) is 0. The van der Waals surface area contributed by atoms with E-state index in [9.17, 15) is 4.79 Å². The highest BCUT2D eigenvalue weighted by molar-refractivity contribution is 6.10. The average molecular weight is 382 g/mol. The third-order valence-electron chi connectivity index (χ3n) is 3.43. The number of ether oxygens (including phenoxy) is 1.